The Morgan fingerprint density at radius 2 is 2.21 bits per heavy atom. The van der Waals surface area contributed by atoms with E-state index in [-0.39, 0.29) is 11.6 Å². The molecule has 6 heteroatoms. The zero-order chi connectivity index (χ0) is 16.7. The van der Waals surface area contributed by atoms with Crippen molar-refractivity contribution in [2.24, 2.45) is 5.92 Å². The Kier molecular flexibility index (Phi) is 4.45. The molecule has 0 unspecified atom stereocenters. The van der Waals surface area contributed by atoms with E-state index in [9.17, 15) is 9.18 Å². The Hall–Kier alpha value is -1.24. The van der Waals surface area contributed by atoms with Crippen molar-refractivity contribution in [2.75, 3.05) is 18.4 Å². The second kappa shape index (κ2) is 6.58. The maximum absolute atomic E-state index is 13.9. The predicted molar refractivity (Wildman–Crippen MR) is 97.8 cm³/mol. The molecule has 2 aliphatic rings. The number of anilines is 1. The summed E-state index contributed by atoms with van der Waals surface area (Å²) in [7, 11) is 0. The summed E-state index contributed by atoms with van der Waals surface area (Å²) in [4.78, 5) is 16.2. The standard InChI is InChI=1S/C18H18BrFN2OS/c19-12-3-4-15(14(20)9-12)21-17(23)10-22-7-5-16-13(6-8-24-16)18(22)11-1-2-11/h3-4,6,8-9,11,18H,1-2,5,7,10H2,(H,21,23)/t18-/m1/s1. The van der Waals surface area contributed by atoms with Crippen molar-refractivity contribution in [1.29, 1.82) is 0 Å². The van der Waals surface area contributed by atoms with Crippen LogP contribution in [-0.2, 0) is 11.2 Å². The Morgan fingerprint density at radius 3 is 2.96 bits per heavy atom. The largest absolute Gasteiger partial charge is 0.322 e. The fourth-order valence-electron chi connectivity index (χ4n) is 3.50. The van der Waals surface area contributed by atoms with Crippen LogP contribution in [0, 0.1) is 11.7 Å². The summed E-state index contributed by atoms with van der Waals surface area (Å²) in [6.45, 7) is 1.21. The van der Waals surface area contributed by atoms with Crippen LogP contribution >= 0.6 is 27.3 Å². The predicted octanol–water partition coefficient (Wildman–Crippen LogP) is 4.60. The highest BCUT2D eigenvalue weighted by Crippen LogP contribution is 2.48. The molecule has 0 saturated heterocycles. The van der Waals surface area contributed by atoms with Gasteiger partial charge in [-0.3, -0.25) is 9.69 Å². The third-order valence-corrected chi connectivity index (χ3v) is 6.23. The number of fused-ring (bicyclic) bond motifs is 1. The molecule has 0 bridgehead atoms. The van der Waals surface area contributed by atoms with Gasteiger partial charge in [0.25, 0.3) is 0 Å². The quantitative estimate of drug-likeness (QED) is 0.801. The molecule has 1 atom stereocenters. The molecule has 1 aromatic heterocycles. The molecule has 1 N–H and O–H groups in total. The zero-order valence-electron chi connectivity index (χ0n) is 13.1. The molecule has 3 nitrogen and oxygen atoms in total. The number of nitrogens with zero attached hydrogens (tertiary/aromatic N) is 1. The van der Waals surface area contributed by atoms with E-state index in [1.54, 1.807) is 12.1 Å². The maximum Gasteiger partial charge on any atom is 0.238 e. The van der Waals surface area contributed by atoms with Gasteiger partial charge in [0.1, 0.15) is 5.82 Å². The fourth-order valence-corrected chi connectivity index (χ4v) is 4.75. The van der Waals surface area contributed by atoms with Crippen molar-refractivity contribution in [3.05, 3.63) is 50.4 Å². The first-order valence-electron chi connectivity index (χ1n) is 8.17. The average molecular weight is 409 g/mol. The van der Waals surface area contributed by atoms with Crippen LogP contribution in [0.2, 0.25) is 0 Å². The van der Waals surface area contributed by atoms with E-state index in [0.29, 0.717) is 23.0 Å². The minimum absolute atomic E-state index is 0.152. The van der Waals surface area contributed by atoms with Gasteiger partial charge in [0.05, 0.1) is 12.2 Å². The van der Waals surface area contributed by atoms with Crippen LogP contribution in [0.5, 0.6) is 0 Å². The second-order valence-electron chi connectivity index (χ2n) is 6.47. The van der Waals surface area contributed by atoms with Gasteiger partial charge >= 0.3 is 0 Å². The molecule has 126 valence electrons. The minimum atomic E-state index is -0.421. The summed E-state index contributed by atoms with van der Waals surface area (Å²) >= 11 is 5.04. The van der Waals surface area contributed by atoms with Crippen molar-refractivity contribution >= 4 is 38.9 Å². The van der Waals surface area contributed by atoms with Crippen molar-refractivity contribution in [3.8, 4) is 0 Å². The van der Waals surface area contributed by atoms with Crippen LogP contribution in [0.15, 0.2) is 34.1 Å². The molecular weight excluding hydrogens is 391 g/mol. The molecule has 0 radical (unpaired) electrons. The van der Waals surface area contributed by atoms with E-state index in [1.807, 2.05) is 11.3 Å². The van der Waals surface area contributed by atoms with Gasteiger partial charge in [0.15, 0.2) is 0 Å². The first kappa shape index (κ1) is 16.2. The SMILES string of the molecule is O=C(CN1CCc2sccc2[C@H]1C1CC1)Nc1ccc(Br)cc1F. The van der Waals surface area contributed by atoms with Crippen molar-refractivity contribution < 1.29 is 9.18 Å². The summed E-state index contributed by atoms with van der Waals surface area (Å²) in [6, 6.07) is 7.23. The lowest BCUT2D eigenvalue weighted by atomic mass is 9.96. The van der Waals surface area contributed by atoms with Gasteiger partial charge in [-0.25, -0.2) is 4.39 Å². The van der Waals surface area contributed by atoms with Crippen molar-refractivity contribution in [3.63, 3.8) is 0 Å². The maximum atomic E-state index is 13.9. The number of rotatable bonds is 4. The molecule has 2 heterocycles. The summed E-state index contributed by atoms with van der Waals surface area (Å²) in [6.07, 6.45) is 3.47. The monoisotopic (exact) mass is 408 g/mol. The van der Waals surface area contributed by atoms with Gasteiger partial charge < -0.3 is 5.32 Å². The molecule has 1 aromatic carbocycles. The number of thiophene rings is 1. The fraction of sp³-hybridized carbons (Fsp3) is 0.389. The van der Waals surface area contributed by atoms with Crippen molar-refractivity contribution in [2.45, 2.75) is 25.3 Å². The molecule has 1 amide bonds. The first-order chi connectivity index (χ1) is 11.6. The number of benzene rings is 1. The number of nitrogens with one attached hydrogen (secondary N) is 1. The minimum Gasteiger partial charge on any atom is -0.322 e. The average Bonchev–Trinajstić information content (AvgIpc) is 3.26. The lowest BCUT2D eigenvalue weighted by Crippen LogP contribution is -2.41. The number of carbonyl (C=O) groups is 1. The Bertz CT molecular complexity index is 774. The number of carbonyl (C=O) groups excluding carboxylic acids is 1. The van der Waals surface area contributed by atoms with Gasteiger partial charge in [-0.15, -0.1) is 11.3 Å². The number of halogens is 2. The third kappa shape index (κ3) is 3.27. The lowest BCUT2D eigenvalue weighted by Gasteiger charge is -2.35. The third-order valence-electron chi connectivity index (χ3n) is 4.74. The van der Waals surface area contributed by atoms with Gasteiger partial charge in [-0.05, 0) is 60.4 Å². The molecule has 0 spiro atoms. The number of hydrogen-bond donors (Lipinski definition) is 1. The number of amides is 1. The van der Waals surface area contributed by atoms with Gasteiger partial charge in [-0.2, -0.15) is 0 Å². The summed E-state index contributed by atoms with van der Waals surface area (Å²) in [5, 5.41) is 4.86. The number of hydrogen-bond acceptors (Lipinski definition) is 3. The van der Waals surface area contributed by atoms with E-state index in [1.165, 1.54) is 29.3 Å². The molecule has 1 saturated carbocycles. The van der Waals surface area contributed by atoms with E-state index in [0.717, 1.165) is 13.0 Å². The van der Waals surface area contributed by atoms with Crippen LogP contribution in [0.4, 0.5) is 10.1 Å². The summed E-state index contributed by atoms with van der Waals surface area (Å²) in [5.74, 6) is 0.0895. The lowest BCUT2D eigenvalue weighted by molar-refractivity contribution is -0.118. The van der Waals surface area contributed by atoms with E-state index >= 15 is 0 Å². The first-order valence-corrected chi connectivity index (χ1v) is 9.84. The molecule has 1 aliphatic carbocycles. The highest BCUT2D eigenvalue weighted by molar-refractivity contribution is 9.10. The van der Waals surface area contributed by atoms with Gasteiger partial charge in [0, 0.05) is 21.9 Å². The van der Waals surface area contributed by atoms with Gasteiger partial charge in [-0.1, -0.05) is 15.9 Å². The molecule has 1 aliphatic heterocycles. The molecule has 4 rings (SSSR count). The van der Waals surface area contributed by atoms with Crippen LogP contribution < -0.4 is 5.32 Å². The van der Waals surface area contributed by atoms with Crippen LogP contribution in [0.25, 0.3) is 0 Å². The van der Waals surface area contributed by atoms with Crippen LogP contribution in [-0.4, -0.2) is 23.9 Å². The molecule has 2 aromatic rings. The van der Waals surface area contributed by atoms with Crippen LogP contribution in [0.3, 0.4) is 0 Å². The topological polar surface area (TPSA) is 32.3 Å². The molecule has 24 heavy (non-hydrogen) atoms. The van der Waals surface area contributed by atoms with Crippen molar-refractivity contribution in [1.82, 2.24) is 4.90 Å². The highest BCUT2D eigenvalue weighted by Gasteiger charge is 2.40. The smallest absolute Gasteiger partial charge is 0.238 e. The summed E-state index contributed by atoms with van der Waals surface area (Å²) in [5.41, 5.74) is 1.63. The second-order valence-corrected chi connectivity index (χ2v) is 8.39. The Balaban J connectivity index is 1.47. The molecule has 1 fully saturated rings. The van der Waals surface area contributed by atoms with Crippen LogP contribution in [0.1, 0.15) is 29.3 Å². The molecular formula is C18H18BrFN2OS. The van der Waals surface area contributed by atoms with Gasteiger partial charge in [0.2, 0.25) is 5.91 Å². The normalized spacial score (nSPS) is 20.7. The van der Waals surface area contributed by atoms with E-state index < -0.39 is 5.82 Å². The highest BCUT2D eigenvalue weighted by atomic mass is 79.9. The zero-order valence-corrected chi connectivity index (χ0v) is 15.5. The summed E-state index contributed by atoms with van der Waals surface area (Å²) < 4.78 is 14.6. The Morgan fingerprint density at radius 1 is 1.38 bits per heavy atom. The Labute approximate surface area is 153 Å². The van der Waals surface area contributed by atoms with E-state index in [2.05, 4.69) is 37.6 Å². The van der Waals surface area contributed by atoms with E-state index in [4.69, 9.17) is 0 Å².